The number of pyridine rings is 1. The smallest absolute Gasteiger partial charge is 0.273 e. The Morgan fingerprint density at radius 3 is 2.89 bits per heavy atom. The normalized spacial score (nSPS) is 15.7. The van der Waals surface area contributed by atoms with Gasteiger partial charge in [-0.2, -0.15) is 0 Å². The van der Waals surface area contributed by atoms with E-state index in [1.807, 2.05) is 5.06 Å². The van der Waals surface area contributed by atoms with Gasteiger partial charge >= 0.3 is 0 Å². The number of non-ortho nitro benzene ring substituents is 1. The first kappa shape index (κ1) is 11.9. The molecular weight excluding hydrogens is 246 g/mol. The zero-order valence-corrected chi connectivity index (χ0v) is 10.3. The molecule has 0 atom stereocenters. The van der Waals surface area contributed by atoms with Gasteiger partial charge in [0.15, 0.2) is 0 Å². The van der Waals surface area contributed by atoms with Crippen LogP contribution in [0.3, 0.4) is 0 Å². The molecule has 1 aliphatic heterocycles. The predicted octanol–water partition coefficient (Wildman–Crippen LogP) is 2.67. The van der Waals surface area contributed by atoms with E-state index in [4.69, 9.17) is 4.84 Å². The highest BCUT2D eigenvalue weighted by atomic mass is 16.7. The monoisotopic (exact) mass is 259 g/mol. The lowest BCUT2D eigenvalue weighted by Gasteiger charge is -2.28. The molecule has 1 aromatic heterocycles. The van der Waals surface area contributed by atoms with Crippen LogP contribution in [0, 0.1) is 10.1 Å². The Kier molecular flexibility index (Phi) is 3.00. The molecule has 1 aromatic carbocycles. The van der Waals surface area contributed by atoms with Crippen molar-refractivity contribution in [3.8, 4) is 0 Å². The molecule has 0 saturated carbocycles. The molecule has 19 heavy (non-hydrogen) atoms. The van der Waals surface area contributed by atoms with Crippen LogP contribution >= 0.6 is 0 Å². The SMILES string of the molecule is O=[N+]([O-])c1ccc(N2CCCCO2)c2ccncc12. The molecule has 0 unspecified atom stereocenters. The van der Waals surface area contributed by atoms with Gasteiger partial charge in [0.25, 0.3) is 5.69 Å². The van der Waals surface area contributed by atoms with E-state index in [9.17, 15) is 10.1 Å². The first-order chi connectivity index (χ1) is 9.27. The first-order valence-corrected chi connectivity index (χ1v) is 6.19. The number of anilines is 1. The standard InChI is InChI=1S/C13H13N3O3/c17-16(18)13-4-3-12(15-7-1-2-8-19-15)10-5-6-14-9-11(10)13/h3-6,9H,1-2,7-8H2. The van der Waals surface area contributed by atoms with Gasteiger partial charge in [-0.3, -0.25) is 25.0 Å². The summed E-state index contributed by atoms with van der Waals surface area (Å²) in [5.74, 6) is 0. The van der Waals surface area contributed by atoms with E-state index in [1.54, 1.807) is 18.3 Å². The molecule has 2 heterocycles. The number of aromatic nitrogens is 1. The summed E-state index contributed by atoms with van der Waals surface area (Å²) in [6.45, 7) is 1.48. The Hall–Kier alpha value is -2.21. The third-order valence-corrected chi connectivity index (χ3v) is 3.24. The van der Waals surface area contributed by atoms with Crippen molar-refractivity contribution in [2.75, 3.05) is 18.2 Å². The highest BCUT2D eigenvalue weighted by Gasteiger charge is 2.19. The lowest BCUT2D eigenvalue weighted by molar-refractivity contribution is -0.383. The van der Waals surface area contributed by atoms with Gasteiger partial charge in [0.2, 0.25) is 0 Å². The van der Waals surface area contributed by atoms with Crippen LogP contribution in [0.2, 0.25) is 0 Å². The van der Waals surface area contributed by atoms with Crippen molar-refractivity contribution in [1.29, 1.82) is 0 Å². The molecule has 1 aliphatic rings. The van der Waals surface area contributed by atoms with E-state index in [1.165, 1.54) is 12.3 Å². The van der Waals surface area contributed by atoms with Crippen molar-refractivity contribution in [2.45, 2.75) is 12.8 Å². The molecular formula is C13H13N3O3. The number of hydrogen-bond acceptors (Lipinski definition) is 5. The van der Waals surface area contributed by atoms with Gasteiger partial charge in [-0.05, 0) is 25.0 Å². The van der Waals surface area contributed by atoms with Crippen LogP contribution in [0.5, 0.6) is 0 Å². The highest BCUT2D eigenvalue weighted by Crippen LogP contribution is 2.33. The molecule has 3 rings (SSSR count). The van der Waals surface area contributed by atoms with E-state index in [2.05, 4.69) is 4.98 Å². The minimum Gasteiger partial charge on any atom is -0.273 e. The lowest BCUT2D eigenvalue weighted by atomic mass is 10.1. The Morgan fingerprint density at radius 1 is 1.26 bits per heavy atom. The second-order valence-electron chi connectivity index (χ2n) is 4.42. The summed E-state index contributed by atoms with van der Waals surface area (Å²) in [6.07, 6.45) is 5.27. The van der Waals surface area contributed by atoms with Crippen LogP contribution in [0.15, 0.2) is 30.6 Å². The van der Waals surface area contributed by atoms with Crippen LogP contribution < -0.4 is 5.06 Å². The molecule has 6 heteroatoms. The fourth-order valence-electron chi connectivity index (χ4n) is 2.32. The van der Waals surface area contributed by atoms with Crippen LogP contribution in [0.25, 0.3) is 10.8 Å². The molecule has 0 spiro atoms. The van der Waals surface area contributed by atoms with Crippen molar-refractivity contribution in [1.82, 2.24) is 4.98 Å². The Morgan fingerprint density at radius 2 is 2.16 bits per heavy atom. The number of fused-ring (bicyclic) bond motifs is 1. The van der Waals surface area contributed by atoms with Crippen LogP contribution in [-0.2, 0) is 4.84 Å². The number of nitro groups is 1. The van der Waals surface area contributed by atoms with Gasteiger partial charge < -0.3 is 0 Å². The zero-order chi connectivity index (χ0) is 13.2. The molecule has 2 aromatic rings. The largest absolute Gasteiger partial charge is 0.278 e. The maximum atomic E-state index is 11.0. The summed E-state index contributed by atoms with van der Waals surface area (Å²) in [5.41, 5.74) is 0.937. The third kappa shape index (κ3) is 2.10. The molecule has 6 nitrogen and oxygen atoms in total. The molecule has 1 fully saturated rings. The van der Waals surface area contributed by atoms with Crippen molar-refractivity contribution < 1.29 is 9.76 Å². The van der Waals surface area contributed by atoms with Crippen molar-refractivity contribution in [2.24, 2.45) is 0 Å². The molecule has 0 bridgehead atoms. The summed E-state index contributed by atoms with van der Waals surface area (Å²) < 4.78 is 0. The van der Waals surface area contributed by atoms with Gasteiger partial charge in [-0.25, -0.2) is 0 Å². The van der Waals surface area contributed by atoms with Gasteiger partial charge in [-0.15, -0.1) is 0 Å². The average Bonchev–Trinajstić information content (AvgIpc) is 2.47. The summed E-state index contributed by atoms with van der Waals surface area (Å²) in [5, 5.41) is 14.2. The van der Waals surface area contributed by atoms with E-state index in [0.29, 0.717) is 12.0 Å². The quantitative estimate of drug-likeness (QED) is 0.612. The summed E-state index contributed by atoms with van der Waals surface area (Å²) in [6, 6.07) is 5.04. The third-order valence-electron chi connectivity index (χ3n) is 3.24. The maximum Gasteiger partial charge on any atom is 0.278 e. The first-order valence-electron chi connectivity index (χ1n) is 6.19. The van der Waals surface area contributed by atoms with Crippen molar-refractivity contribution in [3.63, 3.8) is 0 Å². The summed E-state index contributed by atoms with van der Waals surface area (Å²) >= 11 is 0. The van der Waals surface area contributed by atoms with E-state index in [-0.39, 0.29) is 10.6 Å². The van der Waals surface area contributed by atoms with Crippen molar-refractivity contribution >= 4 is 22.1 Å². The van der Waals surface area contributed by atoms with E-state index >= 15 is 0 Å². The number of nitrogens with zero attached hydrogens (tertiary/aromatic N) is 3. The maximum absolute atomic E-state index is 11.0. The fraction of sp³-hybridized carbons (Fsp3) is 0.308. The molecule has 0 aliphatic carbocycles. The topological polar surface area (TPSA) is 68.5 Å². The summed E-state index contributed by atoms with van der Waals surface area (Å²) in [7, 11) is 0. The predicted molar refractivity (Wildman–Crippen MR) is 70.9 cm³/mol. The molecule has 0 amide bonds. The molecule has 98 valence electrons. The van der Waals surface area contributed by atoms with Gasteiger partial charge in [0.1, 0.15) is 0 Å². The molecule has 0 radical (unpaired) electrons. The van der Waals surface area contributed by atoms with Gasteiger partial charge in [0, 0.05) is 30.4 Å². The number of hydrogen-bond donors (Lipinski definition) is 0. The number of benzene rings is 1. The van der Waals surface area contributed by atoms with Crippen LogP contribution in [-0.4, -0.2) is 23.1 Å². The number of hydroxylamine groups is 1. The Labute approximate surface area is 109 Å². The zero-order valence-electron chi connectivity index (χ0n) is 10.3. The fourth-order valence-corrected chi connectivity index (χ4v) is 2.32. The second-order valence-corrected chi connectivity index (χ2v) is 4.42. The molecule has 1 saturated heterocycles. The molecule has 0 N–H and O–H groups in total. The minimum absolute atomic E-state index is 0.0730. The van der Waals surface area contributed by atoms with Crippen LogP contribution in [0.4, 0.5) is 11.4 Å². The average molecular weight is 259 g/mol. The number of nitro benzene ring substituents is 1. The minimum atomic E-state index is -0.384. The van der Waals surface area contributed by atoms with Gasteiger partial charge in [0.05, 0.1) is 22.6 Å². The number of rotatable bonds is 2. The van der Waals surface area contributed by atoms with Crippen molar-refractivity contribution in [3.05, 3.63) is 40.7 Å². The summed E-state index contributed by atoms with van der Waals surface area (Å²) in [4.78, 5) is 20.2. The van der Waals surface area contributed by atoms with E-state index < -0.39 is 0 Å². The van der Waals surface area contributed by atoms with Gasteiger partial charge in [-0.1, -0.05) is 0 Å². The van der Waals surface area contributed by atoms with Crippen LogP contribution in [0.1, 0.15) is 12.8 Å². The Balaban J connectivity index is 2.15. The highest BCUT2D eigenvalue weighted by molar-refractivity contribution is 5.99. The second kappa shape index (κ2) is 4.81. The lowest BCUT2D eigenvalue weighted by Crippen LogP contribution is -2.29. The van der Waals surface area contributed by atoms with E-state index in [0.717, 1.165) is 30.5 Å². The Bertz CT molecular complexity index is 624.